The zero-order valence-electron chi connectivity index (χ0n) is 18.7. The molecular weight excluding hydrogens is 446 g/mol. The fraction of sp³-hybridized carbons (Fsp3) is 0.214. The minimum absolute atomic E-state index is 0.0299. The van der Waals surface area contributed by atoms with Gasteiger partial charge in [0.15, 0.2) is 5.78 Å². The zero-order chi connectivity index (χ0) is 23.1. The van der Waals surface area contributed by atoms with Crippen molar-refractivity contribution < 1.29 is 9.53 Å². The van der Waals surface area contributed by atoms with Crippen LogP contribution in [0.2, 0.25) is 5.02 Å². The molecule has 0 amide bonds. The van der Waals surface area contributed by atoms with Gasteiger partial charge in [0.2, 0.25) is 0 Å². The maximum atomic E-state index is 13.2. The molecule has 1 aliphatic heterocycles. The van der Waals surface area contributed by atoms with Crippen LogP contribution < -0.4 is 9.64 Å². The van der Waals surface area contributed by atoms with Gasteiger partial charge in [0.25, 0.3) is 0 Å². The highest BCUT2D eigenvalue weighted by Gasteiger charge is 2.26. The Bertz CT molecular complexity index is 1400. The van der Waals surface area contributed by atoms with Crippen molar-refractivity contribution in [1.82, 2.24) is 9.88 Å². The molecule has 0 unspecified atom stereocenters. The number of ether oxygens (including phenoxy) is 1. The van der Waals surface area contributed by atoms with Crippen molar-refractivity contribution in [3.63, 3.8) is 0 Å². The molecular formula is C28H24ClN3O2. The van der Waals surface area contributed by atoms with Gasteiger partial charge in [-0.2, -0.15) is 0 Å². The smallest absolute Gasteiger partial charge is 0.194 e. The van der Waals surface area contributed by atoms with E-state index in [2.05, 4.69) is 20.9 Å². The summed E-state index contributed by atoms with van der Waals surface area (Å²) in [5, 5.41) is 2.69. The third-order valence-corrected chi connectivity index (χ3v) is 7.07. The van der Waals surface area contributed by atoms with Gasteiger partial charge in [-0.3, -0.25) is 14.7 Å². The van der Waals surface area contributed by atoms with Crippen LogP contribution in [0.5, 0.6) is 5.75 Å². The van der Waals surface area contributed by atoms with E-state index in [0.717, 1.165) is 71.2 Å². The maximum Gasteiger partial charge on any atom is 0.194 e. The van der Waals surface area contributed by atoms with Gasteiger partial charge in [0, 0.05) is 61.0 Å². The molecule has 170 valence electrons. The Labute approximate surface area is 203 Å². The van der Waals surface area contributed by atoms with Crippen molar-refractivity contribution in [3.8, 4) is 17.0 Å². The Kier molecular flexibility index (Phi) is 5.44. The number of fused-ring (bicyclic) bond motifs is 2. The topological polar surface area (TPSA) is 45.7 Å². The van der Waals surface area contributed by atoms with Crippen LogP contribution in [0.3, 0.4) is 0 Å². The molecule has 0 N–H and O–H groups in total. The number of carbonyl (C=O) groups excluding carboxylic acids is 1. The number of piperazine rings is 1. The van der Waals surface area contributed by atoms with Crippen molar-refractivity contribution in [2.24, 2.45) is 0 Å². The van der Waals surface area contributed by atoms with Crippen LogP contribution in [0, 0.1) is 0 Å². The van der Waals surface area contributed by atoms with E-state index >= 15 is 0 Å². The van der Waals surface area contributed by atoms with E-state index in [-0.39, 0.29) is 5.78 Å². The number of benzene rings is 3. The summed E-state index contributed by atoms with van der Waals surface area (Å²) in [4.78, 5) is 22.6. The molecule has 0 saturated carbocycles. The lowest BCUT2D eigenvalue weighted by Gasteiger charge is -2.36. The Morgan fingerprint density at radius 1 is 0.882 bits per heavy atom. The molecule has 2 heterocycles. The fourth-order valence-corrected chi connectivity index (χ4v) is 5.26. The number of halogens is 1. The maximum absolute atomic E-state index is 13.2. The molecule has 4 aromatic rings. The average molecular weight is 470 g/mol. The summed E-state index contributed by atoms with van der Waals surface area (Å²) in [5.41, 5.74) is 4.23. The normalized spacial score (nSPS) is 15.4. The molecule has 1 saturated heterocycles. The van der Waals surface area contributed by atoms with Gasteiger partial charge in [-0.1, -0.05) is 48.0 Å². The van der Waals surface area contributed by atoms with Crippen LogP contribution in [0.15, 0.2) is 72.9 Å². The lowest BCUT2D eigenvalue weighted by Crippen LogP contribution is -2.47. The van der Waals surface area contributed by atoms with Gasteiger partial charge in [-0.05, 0) is 35.7 Å². The molecule has 1 aromatic heterocycles. The van der Waals surface area contributed by atoms with Gasteiger partial charge in [0.1, 0.15) is 12.4 Å². The summed E-state index contributed by atoms with van der Waals surface area (Å²) in [6, 6.07) is 21.5. The third-order valence-electron chi connectivity index (χ3n) is 6.75. The minimum Gasteiger partial charge on any atom is -0.492 e. The third kappa shape index (κ3) is 3.71. The fourth-order valence-electron chi connectivity index (χ4n) is 5.00. The van der Waals surface area contributed by atoms with Crippen molar-refractivity contribution in [1.29, 1.82) is 0 Å². The number of pyridine rings is 1. The van der Waals surface area contributed by atoms with E-state index in [9.17, 15) is 4.79 Å². The first-order chi connectivity index (χ1) is 16.7. The second kappa shape index (κ2) is 8.75. The van der Waals surface area contributed by atoms with Crippen molar-refractivity contribution in [3.05, 3.63) is 89.1 Å². The summed E-state index contributed by atoms with van der Waals surface area (Å²) in [7, 11) is 0. The first kappa shape index (κ1) is 21.1. The highest BCUT2D eigenvalue weighted by Crippen LogP contribution is 2.39. The Morgan fingerprint density at radius 3 is 2.47 bits per heavy atom. The molecule has 0 radical (unpaired) electrons. The Balaban J connectivity index is 1.14. The summed E-state index contributed by atoms with van der Waals surface area (Å²) in [5.74, 6) is 0.754. The van der Waals surface area contributed by atoms with Crippen LogP contribution in [0.25, 0.3) is 22.0 Å². The molecule has 0 spiro atoms. The molecule has 1 aliphatic carbocycles. The highest BCUT2D eigenvalue weighted by atomic mass is 35.5. The summed E-state index contributed by atoms with van der Waals surface area (Å²) >= 11 is 6.36. The SMILES string of the molecule is O=C1c2ccccc2-c2nccc3cc(OCCN4CCN(c5ccccc5Cl)CC4)cc1c23. The molecule has 2 aliphatic rings. The van der Waals surface area contributed by atoms with Crippen LogP contribution in [0.1, 0.15) is 15.9 Å². The molecule has 5 nitrogen and oxygen atoms in total. The zero-order valence-corrected chi connectivity index (χ0v) is 19.5. The predicted molar refractivity (Wildman–Crippen MR) is 136 cm³/mol. The van der Waals surface area contributed by atoms with Crippen LogP contribution >= 0.6 is 11.6 Å². The lowest BCUT2D eigenvalue weighted by atomic mass is 9.85. The molecule has 1 fully saturated rings. The summed E-state index contributed by atoms with van der Waals surface area (Å²) in [6.45, 7) is 5.20. The number of hydrogen-bond acceptors (Lipinski definition) is 5. The number of aromatic nitrogens is 1. The number of para-hydroxylation sites is 1. The van der Waals surface area contributed by atoms with E-state index in [0.29, 0.717) is 17.7 Å². The highest BCUT2D eigenvalue weighted by molar-refractivity contribution is 6.33. The monoisotopic (exact) mass is 469 g/mol. The van der Waals surface area contributed by atoms with Gasteiger partial charge < -0.3 is 9.64 Å². The standard InChI is InChI=1S/C28H24ClN3O2/c29-24-7-3-4-8-25(24)32-13-11-31(12-14-32)15-16-34-20-17-19-9-10-30-27-21-5-1-2-6-22(21)28(33)23(18-20)26(19)27/h1-10,17-18H,11-16H2. The Morgan fingerprint density at radius 2 is 1.65 bits per heavy atom. The molecule has 0 bridgehead atoms. The first-order valence-electron chi connectivity index (χ1n) is 11.6. The lowest BCUT2D eigenvalue weighted by molar-refractivity contribution is 0.103. The van der Waals surface area contributed by atoms with E-state index < -0.39 is 0 Å². The van der Waals surface area contributed by atoms with E-state index in [1.54, 1.807) is 6.20 Å². The Hall–Kier alpha value is -3.41. The van der Waals surface area contributed by atoms with E-state index in [1.807, 2.05) is 60.7 Å². The van der Waals surface area contributed by atoms with Crippen LogP contribution in [0.4, 0.5) is 5.69 Å². The van der Waals surface area contributed by atoms with E-state index in [4.69, 9.17) is 16.3 Å². The van der Waals surface area contributed by atoms with Gasteiger partial charge in [0.05, 0.1) is 16.4 Å². The molecule has 6 heteroatoms. The molecule has 3 aromatic carbocycles. The molecule has 6 rings (SSSR count). The number of anilines is 1. The minimum atomic E-state index is 0.0299. The summed E-state index contributed by atoms with van der Waals surface area (Å²) < 4.78 is 6.14. The number of rotatable bonds is 5. The number of carbonyl (C=O) groups is 1. The largest absolute Gasteiger partial charge is 0.492 e. The average Bonchev–Trinajstić information content (AvgIpc) is 2.88. The predicted octanol–water partition coefficient (Wildman–Crippen LogP) is 5.30. The van der Waals surface area contributed by atoms with Crippen molar-refractivity contribution >= 4 is 33.8 Å². The number of hydrogen-bond donors (Lipinski definition) is 0. The second-order valence-corrected chi connectivity index (χ2v) is 9.14. The second-order valence-electron chi connectivity index (χ2n) is 8.73. The van der Waals surface area contributed by atoms with Gasteiger partial charge >= 0.3 is 0 Å². The van der Waals surface area contributed by atoms with Crippen molar-refractivity contribution in [2.75, 3.05) is 44.2 Å². The van der Waals surface area contributed by atoms with Crippen LogP contribution in [-0.4, -0.2) is 55.0 Å². The van der Waals surface area contributed by atoms with Gasteiger partial charge in [-0.25, -0.2) is 0 Å². The van der Waals surface area contributed by atoms with Crippen LogP contribution in [-0.2, 0) is 0 Å². The van der Waals surface area contributed by atoms with Gasteiger partial charge in [-0.15, -0.1) is 0 Å². The molecule has 0 atom stereocenters. The molecule has 34 heavy (non-hydrogen) atoms. The van der Waals surface area contributed by atoms with E-state index in [1.165, 1.54) is 0 Å². The number of nitrogens with zero attached hydrogens (tertiary/aromatic N) is 3. The summed E-state index contributed by atoms with van der Waals surface area (Å²) in [6.07, 6.45) is 1.80. The first-order valence-corrected chi connectivity index (χ1v) is 12.0. The number of ketones is 1. The quantitative estimate of drug-likeness (QED) is 0.349. The van der Waals surface area contributed by atoms with Crippen molar-refractivity contribution in [2.45, 2.75) is 0 Å².